The average molecular weight is 447 g/mol. The summed E-state index contributed by atoms with van der Waals surface area (Å²) < 4.78 is 12.7. The molecule has 33 heavy (non-hydrogen) atoms. The summed E-state index contributed by atoms with van der Waals surface area (Å²) in [5.74, 6) is 2.06. The van der Waals surface area contributed by atoms with Crippen molar-refractivity contribution in [3.05, 3.63) is 42.5 Å². The number of nitrogens with one attached hydrogen (secondary N) is 1. The molecule has 3 atom stereocenters. The summed E-state index contributed by atoms with van der Waals surface area (Å²) in [6.45, 7) is 2.39. The molecule has 1 aromatic heterocycles. The van der Waals surface area contributed by atoms with Gasteiger partial charge in [-0.1, -0.05) is 31.9 Å². The third-order valence-corrected chi connectivity index (χ3v) is 7.06. The van der Waals surface area contributed by atoms with Crippen molar-refractivity contribution in [2.24, 2.45) is 5.92 Å². The lowest BCUT2D eigenvalue weighted by atomic mass is 9.85. The lowest BCUT2D eigenvalue weighted by Gasteiger charge is -2.35. The molecule has 1 aliphatic carbocycles. The van der Waals surface area contributed by atoms with Crippen molar-refractivity contribution in [1.29, 1.82) is 0 Å². The van der Waals surface area contributed by atoms with Crippen molar-refractivity contribution in [2.75, 3.05) is 17.0 Å². The number of ether oxygens (including phenoxy) is 2. The van der Waals surface area contributed by atoms with Crippen LogP contribution in [0.25, 0.3) is 11.0 Å². The van der Waals surface area contributed by atoms with Gasteiger partial charge < -0.3 is 14.8 Å². The molecule has 0 radical (unpaired) electrons. The zero-order chi connectivity index (χ0) is 22.5. The number of carbonyl (C=O) groups is 2. The Morgan fingerprint density at radius 2 is 1.94 bits per heavy atom. The van der Waals surface area contributed by atoms with Crippen molar-refractivity contribution >= 4 is 34.5 Å². The summed E-state index contributed by atoms with van der Waals surface area (Å²) in [5.41, 5.74) is 2.34. The Morgan fingerprint density at radius 3 is 2.82 bits per heavy atom. The first-order chi connectivity index (χ1) is 16.1. The third-order valence-electron chi connectivity index (χ3n) is 7.06. The number of carbonyl (C=O) groups excluding carboxylic acids is 2. The van der Waals surface area contributed by atoms with Crippen LogP contribution in [0.3, 0.4) is 0 Å². The summed E-state index contributed by atoms with van der Waals surface area (Å²) in [5, 5.41) is 2.91. The highest BCUT2D eigenvalue weighted by Gasteiger charge is 2.45. The first kappa shape index (κ1) is 20.1. The fraction of sp³-hybridized carbons (Fsp3) is 0.400. The van der Waals surface area contributed by atoms with Gasteiger partial charge in [-0.3, -0.25) is 19.1 Å². The number of anilines is 2. The number of aromatic nitrogens is 2. The zero-order valence-corrected chi connectivity index (χ0v) is 18.5. The topological polar surface area (TPSA) is 85.7 Å². The summed E-state index contributed by atoms with van der Waals surface area (Å²) in [7, 11) is 0. The molecule has 3 aromatic rings. The molecule has 0 saturated heterocycles. The third kappa shape index (κ3) is 3.32. The fourth-order valence-corrected chi connectivity index (χ4v) is 5.41. The lowest BCUT2D eigenvalue weighted by molar-refractivity contribution is -0.125. The van der Waals surface area contributed by atoms with Crippen molar-refractivity contribution < 1.29 is 19.1 Å². The molecule has 6 rings (SSSR count). The van der Waals surface area contributed by atoms with Gasteiger partial charge in [-0.2, -0.15) is 0 Å². The molecular formula is C25H26N4O4. The maximum absolute atomic E-state index is 13.7. The minimum atomic E-state index is -0.615. The van der Waals surface area contributed by atoms with Crippen LogP contribution < -0.4 is 19.7 Å². The molecule has 0 bridgehead atoms. The van der Waals surface area contributed by atoms with Crippen LogP contribution in [0, 0.1) is 5.92 Å². The number of amides is 2. The number of hydrogen-bond acceptors (Lipinski definition) is 5. The van der Waals surface area contributed by atoms with Gasteiger partial charge in [0.2, 0.25) is 18.6 Å². The van der Waals surface area contributed by atoms with Gasteiger partial charge in [0.1, 0.15) is 6.04 Å². The summed E-state index contributed by atoms with van der Waals surface area (Å²) in [6.07, 6.45) is 4.40. The van der Waals surface area contributed by atoms with Crippen LogP contribution in [0.15, 0.2) is 42.5 Å². The van der Waals surface area contributed by atoms with Gasteiger partial charge in [0, 0.05) is 17.8 Å². The highest BCUT2D eigenvalue weighted by atomic mass is 16.7. The zero-order valence-electron chi connectivity index (χ0n) is 18.5. The van der Waals surface area contributed by atoms with Gasteiger partial charge in [-0.05, 0) is 43.0 Å². The Labute approximate surface area is 191 Å². The molecule has 0 unspecified atom stereocenters. The predicted molar refractivity (Wildman–Crippen MR) is 123 cm³/mol. The van der Waals surface area contributed by atoms with E-state index in [9.17, 15) is 9.59 Å². The molecule has 3 aliphatic rings. The number of fused-ring (bicyclic) bond motifs is 4. The number of imidazole rings is 1. The van der Waals surface area contributed by atoms with Crippen LogP contribution in [0.1, 0.15) is 45.1 Å². The van der Waals surface area contributed by atoms with Crippen LogP contribution in [0.2, 0.25) is 0 Å². The van der Waals surface area contributed by atoms with Gasteiger partial charge in [0.25, 0.3) is 5.91 Å². The second-order valence-electron chi connectivity index (χ2n) is 9.14. The second-order valence-corrected chi connectivity index (χ2v) is 9.14. The Balaban J connectivity index is 1.31. The SMILES string of the molecule is C[C@@H]1CCCC[C@H]1N1C(=O)[C@@H](CC(=O)Nc2ccc3c(c2)OCO3)n2c1nc1ccccc12. The minimum absolute atomic E-state index is 0.0390. The highest BCUT2D eigenvalue weighted by molar-refractivity contribution is 6.05. The molecule has 1 N–H and O–H groups in total. The van der Waals surface area contributed by atoms with E-state index in [1.807, 2.05) is 33.7 Å². The first-order valence-corrected chi connectivity index (χ1v) is 11.6. The normalized spacial score (nSPS) is 23.7. The molecule has 8 heteroatoms. The molecule has 2 aromatic carbocycles. The first-order valence-electron chi connectivity index (χ1n) is 11.6. The number of hydrogen-bond donors (Lipinski definition) is 1. The van der Waals surface area contributed by atoms with E-state index in [1.54, 1.807) is 18.2 Å². The van der Waals surface area contributed by atoms with Crippen LogP contribution >= 0.6 is 0 Å². The molecule has 2 amide bonds. The molecule has 1 saturated carbocycles. The van der Waals surface area contributed by atoms with E-state index in [-0.39, 0.29) is 31.1 Å². The average Bonchev–Trinajstić information content (AvgIpc) is 3.49. The van der Waals surface area contributed by atoms with E-state index in [2.05, 4.69) is 12.2 Å². The maximum atomic E-state index is 13.7. The largest absolute Gasteiger partial charge is 0.454 e. The van der Waals surface area contributed by atoms with E-state index in [0.29, 0.717) is 29.1 Å². The Morgan fingerprint density at radius 1 is 1.12 bits per heavy atom. The lowest BCUT2D eigenvalue weighted by Crippen LogP contribution is -2.44. The van der Waals surface area contributed by atoms with Crippen LogP contribution in [0.4, 0.5) is 11.6 Å². The van der Waals surface area contributed by atoms with E-state index < -0.39 is 6.04 Å². The summed E-state index contributed by atoms with van der Waals surface area (Å²) >= 11 is 0. The molecule has 0 spiro atoms. The fourth-order valence-electron chi connectivity index (χ4n) is 5.41. The van der Waals surface area contributed by atoms with Gasteiger partial charge in [-0.25, -0.2) is 4.98 Å². The second kappa shape index (κ2) is 7.79. The van der Waals surface area contributed by atoms with E-state index in [0.717, 1.165) is 30.3 Å². The summed E-state index contributed by atoms with van der Waals surface area (Å²) in [4.78, 5) is 33.4. The van der Waals surface area contributed by atoms with Crippen LogP contribution in [-0.2, 0) is 9.59 Å². The standard InChI is InChI=1S/C25H26N4O4/c1-15-6-2-4-8-18(15)29-24(31)20(28-19-9-5-3-7-17(19)27-25(28)29)13-23(30)26-16-10-11-21-22(12-16)33-14-32-21/h3,5,7,9-12,15,18,20H,2,4,6,8,13-14H2,1H3,(H,26,30)/t15-,18-,20-/m1/s1. The monoisotopic (exact) mass is 446 g/mol. The molecule has 2 aliphatic heterocycles. The summed E-state index contributed by atoms with van der Waals surface area (Å²) in [6, 6.07) is 12.6. The Bertz CT molecular complexity index is 1250. The maximum Gasteiger partial charge on any atom is 0.253 e. The van der Waals surface area contributed by atoms with Crippen molar-refractivity contribution in [2.45, 2.75) is 51.1 Å². The molecule has 3 heterocycles. The molecule has 8 nitrogen and oxygen atoms in total. The molecule has 1 fully saturated rings. The van der Waals surface area contributed by atoms with E-state index in [1.165, 1.54) is 6.42 Å². The smallest absolute Gasteiger partial charge is 0.253 e. The van der Waals surface area contributed by atoms with E-state index in [4.69, 9.17) is 14.5 Å². The van der Waals surface area contributed by atoms with Crippen molar-refractivity contribution in [3.63, 3.8) is 0 Å². The predicted octanol–water partition coefficient (Wildman–Crippen LogP) is 4.26. The highest BCUT2D eigenvalue weighted by Crippen LogP contribution is 2.41. The number of para-hydroxylation sites is 2. The van der Waals surface area contributed by atoms with Gasteiger partial charge >= 0.3 is 0 Å². The Hall–Kier alpha value is -3.55. The number of nitrogens with zero attached hydrogens (tertiary/aromatic N) is 3. The number of rotatable bonds is 4. The van der Waals surface area contributed by atoms with Crippen molar-refractivity contribution in [3.8, 4) is 11.5 Å². The van der Waals surface area contributed by atoms with Crippen LogP contribution in [-0.4, -0.2) is 34.2 Å². The Kier molecular flexibility index (Phi) is 4.74. The van der Waals surface area contributed by atoms with Crippen LogP contribution in [0.5, 0.6) is 11.5 Å². The van der Waals surface area contributed by atoms with Gasteiger partial charge in [0.05, 0.1) is 17.5 Å². The quantitative estimate of drug-likeness (QED) is 0.647. The van der Waals surface area contributed by atoms with Crippen molar-refractivity contribution in [1.82, 2.24) is 9.55 Å². The molecular weight excluding hydrogens is 420 g/mol. The minimum Gasteiger partial charge on any atom is -0.454 e. The van der Waals surface area contributed by atoms with Gasteiger partial charge in [-0.15, -0.1) is 0 Å². The molecule has 170 valence electrons. The number of benzene rings is 2. The van der Waals surface area contributed by atoms with E-state index >= 15 is 0 Å². The van der Waals surface area contributed by atoms with Gasteiger partial charge in [0.15, 0.2) is 11.5 Å².